The van der Waals surface area contributed by atoms with Gasteiger partial charge in [0.1, 0.15) is 29.3 Å². The third-order valence-corrected chi connectivity index (χ3v) is 6.04. The van der Waals surface area contributed by atoms with Crippen molar-refractivity contribution in [3.8, 4) is 0 Å². The summed E-state index contributed by atoms with van der Waals surface area (Å²) in [7, 11) is -3.79. The monoisotopic (exact) mass is 440 g/mol. The van der Waals surface area contributed by atoms with Crippen LogP contribution >= 0.6 is 0 Å². The summed E-state index contributed by atoms with van der Waals surface area (Å²) >= 11 is 0. The van der Waals surface area contributed by atoms with Gasteiger partial charge in [-0.15, -0.1) is 0 Å². The van der Waals surface area contributed by atoms with Crippen LogP contribution in [0, 0.1) is 11.6 Å². The van der Waals surface area contributed by atoms with Gasteiger partial charge < -0.3 is 5.32 Å². The van der Waals surface area contributed by atoms with Crippen molar-refractivity contribution in [2.75, 3.05) is 5.32 Å². The number of hydrogen-bond acceptors (Lipinski definition) is 5. The van der Waals surface area contributed by atoms with E-state index in [9.17, 15) is 17.2 Å². The van der Waals surface area contributed by atoms with E-state index in [-0.39, 0.29) is 23.5 Å². The number of benzene rings is 3. The minimum Gasteiger partial charge on any atom is -0.365 e. The van der Waals surface area contributed by atoms with E-state index in [2.05, 4.69) is 20.0 Å². The Morgan fingerprint density at radius 3 is 2.39 bits per heavy atom. The lowest BCUT2D eigenvalue weighted by atomic mass is 10.2. The molecule has 4 rings (SSSR count). The number of aromatic nitrogens is 2. The zero-order valence-corrected chi connectivity index (χ0v) is 17.0. The van der Waals surface area contributed by atoms with Crippen LogP contribution in [-0.4, -0.2) is 18.4 Å². The third kappa shape index (κ3) is 4.84. The van der Waals surface area contributed by atoms with E-state index in [1.807, 2.05) is 0 Å². The molecule has 0 unspecified atom stereocenters. The fourth-order valence-corrected chi connectivity index (χ4v) is 4.20. The molecule has 158 valence electrons. The molecule has 0 fully saturated rings. The van der Waals surface area contributed by atoms with Crippen LogP contribution in [0.5, 0.6) is 0 Å². The summed E-state index contributed by atoms with van der Waals surface area (Å²) in [6.45, 7) is 0.247. The molecule has 31 heavy (non-hydrogen) atoms. The molecule has 6 nitrogen and oxygen atoms in total. The minimum atomic E-state index is -3.79. The van der Waals surface area contributed by atoms with Gasteiger partial charge in [-0.1, -0.05) is 30.3 Å². The zero-order valence-electron chi connectivity index (χ0n) is 16.2. The van der Waals surface area contributed by atoms with Gasteiger partial charge in [0.2, 0.25) is 10.0 Å². The Balaban J connectivity index is 1.49. The fraction of sp³-hybridized carbons (Fsp3) is 0.0909. The Kier molecular flexibility index (Phi) is 5.88. The largest absolute Gasteiger partial charge is 0.365 e. The second kappa shape index (κ2) is 8.75. The van der Waals surface area contributed by atoms with Crippen molar-refractivity contribution in [1.29, 1.82) is 0 Å². The van der Waals surface area contributed by atoms with E-state index in [4.69, 9.17) is 0 Å². The van der Waals surface area contributed by atoms with Crippen molar-refractivity contribution in [3.05, 3.63) is 95.8 Å². The molecule has 0 amide bonds. The van der Waals surface area contributed by atoms with Crippen LogP contribution in [0.25, 0.3) is 10.9 Å². The first-order valence-electron chi connectivity index (χ1n) is 9.38. The number of anilines is 1. The lowest BCUT2D eigenvalue weighted by Gasteiger charge is -2.11. The van der Waals surface area contributed by atoms with E-state index < -0.39 is 21.7 Å². The summed E-state index contributed by atoms with van der Waals surface area (Å²) in [6, 6.07) is 16.7. The summed E-state index contributed by atoms with van der Waals surface area (Å²) in [4.78, 5) is 8.20. The van der Waals surface area contributed by atoms with E-state index in [1.165, 1.54) is 42.7 Å². The molecule has 0 saturated heterocycles. The van der Waals surface area contributed by atoms with Crippen molar-refractivity contribution >= 4 is 26.7 Å². The van der Waals surface area contributed by atoms with Crippen molar-refractivity contribution in [2.45, 2.75) is 18.0 Å². The van der Waals surface area contributed by atoms with Gasteiger partial charge in [0.15, 0.2) is 0 Å². The number of halogens is 2. The molecule has 4 aromatic rings. The summed E-state index contributed by atoms with van der Waals surface area (Å²) < 4.78 is 55.0. The molecule has 0 bridgehead atoms. The highest BCUT2D eigenvalue weighted by atomic mass is 32.2. The molecule has 0 atom stereocenters. The molecule has 1 aromatic heterocycles. The predicted molar refractivity (Wildman–Crippen MR) is 114 cm³/mol. The molecule has 3 aromatic carbocycles. The molecule has 0 aliphatic rings. The maximum atomic E-state index is 13.9. The second-order valence-electron chi connectivity index (χ2n) is 6.81. The van der Waals surface area contributed by atoms with E-state index in [0.29, 0.717) is 22.3 Å². The maximum absolute atomic E-state index is 13.9. The van der Waals surface area contributed by atoms with Gasteiger partial charge in [-0.2, -0.15) is 0 Å². The first-order chi connectivity index (χ1) is 14.9. The van der Waals surface area contributed by atoms with E-state index in [0.717, 1.165) is 0 Å². The highest BCUT2D eigenvalue weighted by Crippen LogP contribution is 2.22. The smallest absolute Gasteiger partial charge is 0.240 e. The summed E-state index contributed by atoms with van der Waals surface area (Å²) in [5, 5.41) is 3.63. The predicted octanol–water partition coefficient (Wildman–Crippen LogP) is 4.00. The van der Waals surface area contributed by atoms with Crippen LogP contribution in [0.3, 0.4) is 0 Å². The number of hydrogen-bond donors (Lipinski definition) is 2. The molecule has 9 heteroatoms. The van der Waals surface area contributed by atoms with Gasteiger partial charge in [0, 0.05) is 18.5 Å². The van der Waals surface area contributed by atoms with Crippen molar-refractivity contribution in [3.63, 3.8) is 0 Å². The minimum absolute atomic E-state index is 0.0267. The summed E-state index contributed by atoms with van der Waals surface area (Å²) in [5.74, 6) is -0.427. The molecular weight excluding hydrogens is 422 g/mol. The van der Waals surface area contributed by atoms with Crippen LogP contribution in [0.2, 0.25) is 0 Å². The highest BCUT2D eigenvalue weighted by molar-refractivity contribution is 7.89. The Bertz CT molecular complexity index is 1350. The zero-order chi connectivity index (χ0) is 21.8. The van der Waals surface area contributed by atoms with Crippen LogP contribution in [0.4, 0.5) is 14.6 Å². The number of nitrogens with zero attached hydrogens (tertiary/aromatic N) is 2. The topological polar surface area (TPSA) is 84.0 Å². The Morgan fingerprint density at radius 1 is 0.839 bits per heavy atom. The standard InChI is InChI=1S/C22H18F2N4O2S/c23-17-6-1-4-15(10-17)13-28-31(29,30)18-7-2-5-16(11-18)12-25-22-19-8-3-9-20(24)21(19)26-14-27-22/h1-11,14,28H,12-13H2,(H,25,26,27). The van der Waals surface area contributed by atoms with Gasteiger partial charge in [0.05, 0.1) is 4.90 Å². The lowest BCUT2D eigenvalue weighted by Crippen LogP contribution is -2.23. The van der Waals surface area contributed by atoms with Crippen LogP contribution in [0.1, 0.15) is 11.1 Å². The van der Waals surface area contributed by atoms with Crippen LogP contribution < -0.4 is 10.0 Å². The van der Waals surface area contributed by atoms with Crippen molar-refractivity contribution < 1.29 is 17.2 Å². The average Bonchev–Trinajstić information content (AvgIpc) is 2.77. The highest BCUT2D eigenvalue weighted by Gasteiger charge is 2.15. The average molecular weight is 440 g/mol. The van der Waals surface area contributed by atoms with Crippen molar-refractivity contribution in [2.24, 2.45) is 0 Å². The molecule has 0 spiro atoms. The van der Waals surface area contributed by atoms with E-state index in [1.54, 1.807) is 30.3 Å². The number of fused-ring (bicyclic) bond motifs is 1. The number of sulfonamides is 1. The normalized spacial score (nSPS) is 11.5. The number of para-hydroxylation sites is 1. The van der Waals surface area contributed by atoms with Gasteiger partial charge in [-0.25, -0.2) is 31.9 Å². The molecular formula is C22H18F2N4O2S. The van der Waals surface area contributed by atoms with Crippen LogP contribution in [-0.2, 0) is 23.1 Å². The SMILES string of the molecule is O=S(=O)(NCc1cccc(F)c1)c1cccc(CNc2ncnc3c(F)cccc23)c1. The maximum Gasteiger partial charge on any atom is 0.240 e. The molecule has 1 heterocycles. The Labute approximate surface area is 178 Å². The molecule has 2 N–H and O–H groups in total. The second-order valence-corrected chi connectivity index (χ2v) is 8.58. The molecule has 0 radical (unpaired) electrons. The van der Waals surface area contributed by atoms with Gasteiger partial charge in [-0.3, -0.25) is 0 Å². The Hall–Kier alpha value is -3.43. The molecule has 0 aliphatic carbocycles. The van der Waals surface area contributed by atoms with Gasteiger partial charge in [0.25, 0.3) is 0 Å². The number of nitrogens with one attached hydrogen (secondary N) is 2. The number of rotatable bonds is 7. The lowest BCUT2D eigenvalue weighted by molar-refractivity contribution is 0.580. The fourth-order valence-electron chi connectivity index (χ4n) is 3.11. The summed E-state index contributed by atoms with van der Waals surface area (Å²) in [5.41, 5.74) is 1.42. The first-order valence-corrected chi connectivity index (χ1v) is 10.9. The molecule has 0 aliphatic heterocycles. The first kappa shape index (κ1) is 20.8. The Morgan fingerprint density at radius 2 is 1.58 bits per heavy atom. The summed E-state index contributed by atoms with van der Waals surface area (Å²) in [6.07, 6.45) is 1.27. The van der Waals surface area contributed by atoms with Crippen molar-refractivity contribution in [1.82, 2.24) is 14.7 Å². The van der Waals surface area contributed by atoms with E-state index >= 15 is 0 Å². The van der Waals surface area contributed by atoms with Crippen LogP contribution in [0.15, 0.2) is 78.0 Å². The molecule has 0 saturated carbocycles. The van der Waals surface area contributed by atoms with Gasteiger partial charge >= 0.3 is 0 Å². The third-order valence-electron chi connectivity index (χ3n) is 4.64. The van der Waals surface area contributed by atoms with Gasteiger partial charge in [-0.05, 0) is 47.5 Å². The quantitative estimate of drug-likeness (QED) is 0.454.